The van der Waals surface area contributed by atoms with Gasteiger partial charge in [0.25, 0.3) is 0 Å². The largest absolute Gasteiger partial charge is 0.364 e. The molecule has 7 heteroatoms. The Bertz CT molecular complexity index is 649. The van der Waals surface area contributed by atoms with Crippen LogP contribution in [0.4, 0.5) is 5.82 Å². The van der Waals surface area contributed by atoms with Crippen LogP contribution in [0.2, 0.25) is 0 Å². The Morgan fingerprint density at radius 2 is 2.05 bits per heavy atom. The van der Waals surface area contributed by atoms with Crippen molar-refractivity contribution >= 4 is 27.2 Å². The predicted octanol–water partition coefficient (Wildman–Crippen LogP) is 2.57. The molecule has 1 N–H and O–H groups in total. The van der Waals surface area contributed by atoms with Gasteiger partial charge in [0.05, 0.1) is 6.04 Å². The molecule has 2 aromatic rings. The van der Waals surface area contributed by atoms with Gasteiger partial charge in [0.1, 0.15) is 10.7 Å². The Morgan fingerprint density at radius 1 is 1.30 bits per heavy atom. The van der Waals surface area contributed by atoms with Crippen LogP contribution in [0.5, 0.6) is 0 Å². The van der Waals surface area contributed by atoms with Crippen LogP contribution in [0.1, 0.15) is 18.5 Å². The number of rotatable bonds is 5. The fourth-order valence-corrected chi connectivity index (χ4v) is 3.26. The van der Waals surface area contributed by atoms with E-state index in [0.29, 0.717) is 5.82 Å². The molecule has 108 valence electrons. The molecule has 0 aliphatic carbocycles. The summed E-state index contributed by atoms with van der Waals surface area (Å²) in [4.78, 5) is 4.35. The Hall–Kier alpha value is -1.44. The highest BCUT2D eigenvalue weighted by Crippen LogP contribution is 2.21. The molecule has 0 aliphatic rings. The van der Waals surface area contributed by atoms with Crippen LogP contribution in [0.25, 0.3) is 0 Å². The van der Waals surface area contributed by atoms with E-state index in [4.69, 9.17) is 0 Å². The van der Waals surface area contributed by atoms with Gasteiger partial charge < -0.3 is 5.32 Å². The second-order valence-electron chi connectivity index (χ2n) is 4.59. The molecule has 0 saturated carbocycles. The van der Waals surface area contributed by atoms with Crippen molar-refractivity contribution in [2.24, 2.45) is 0 Å². The molecule has 2 aromatic heterocycles. The van der Waals surface area contributed by atoms with Crippen LogP contribution in [-0.2, 0) is 10.0 Å². The van der Waals surface area contributed by atoms with Crippen molar-refractivity contribution < 1.29 is 8.42 Å². The Labute approximate surface area is 123 Å². The van der Waals surface area contributed by atoms with E-state index in [9.17, 15) is 8.42 Å². The van der Waals surface area contributed by atoms with Gasteiger partial charge in [-0.2, -0.15) is 11.3 Å². The highest BCUT2D eigenvalue weighted by atomic mass is 32.2. The number of nitrogens with zero attached hydrogens (tertiary/aromatic N) is 2. The van der Waals surface area contributed by atoms with E-state index in [1.165, 1.54) is 30.2 Å². The third-order valence-corrected chi connectivity index (χ3v) is 5.42. The third-order valence-electron chi connectivity index (χ3n) is 2.92. The number of thiophene rings is 1. The molecule has 2 heterocycles. The minimum atomic E-state index is -3.42. The maximum absolute atomic E-state index is 11.9. The highest BCUT2D eigenvalue weighted by Gasteiger charge is 2.17. The van der Waals surface area contributed by atoms with Gasteiger partial charge >= 0.3 is 0 Å². The summed E-state index contributed by atoms with van der Waals surface area (Å²) in [7, 11) is -0.420. The average molecular weight is 311 g/mol. The number of sulfonamides is 1. The van der Waals surface area contributed by atoms with Crippen molar-refractivity contribution in [2.45, 2.75) is 17.9 Å². The molecule has 0 fully saturated rings. The van der Waals surface area contributed by atoms with Gasteiger partial charge in [-0.1, -0.05) is 0 Å². The first-order valence-electron chi connectivity index (χ1n) is 6.08. The van der Waals surface area contributed by atoms with Crippen LogP contribution in [-0.4, -0.2) is 31.8 Å². The summed E-state index contributed by atoms with van der Waals surface area (Å²) in [5.41, 5.74) is 1.18. The molecule has 0 aromatic carbocycles. The summed E-state index contributed by atoms with van der Waals surface area (Å²) in [6.45, 7) is 2.04. The van der Waals surface area contributed by atoms with E-state index in [-0.39, 0.29) is 10.9 Å². The van der Waals surface area contributed by atoms with Crippen molar-refractivity contribution in [2.75, 3.05) is 19.4 Å². The molecule has 0 amide bonds. The summed E-state index contributed by atoms with van der Waals surface area (Å²) >= 11 is 1.64. The number of hydrogen-bond acceptors (Lipinski definition) is 5. The molecule has 0 radical (unpaired) electrons. The number of anilines is 1. The van der Waals surface area contributed by atoms with Gasteiger partial charge in [0, 0.05) is 20.3 Å². The number of nitrogens with one attached hydrogen (secondary N) is 1. The van der Waals surface area contributed by atoms with E-state index in [1.54, 1.807) is 23.5 Å². The maximum Gasteiger partial charge on any atom is 0.244 e. The van der Waals surface area contributed by atoms with Crippen LogP contribution in [0.3, 0.4) is 0 Å². The van der Waals surface area contributed by atoms with Crippen molar-refractivity contribution in [1.82, 2.24) is 9.29 Å². The van der Waals surface area contributed by atoms with E-state index in [2.05, 4.69) is 15.7 Å². The molecule has 0 spiro atoms. The first kappa shape index (κ1) is 15.0. The van der Waals surface area contributed by atoms with Crippen molar-refractivity contribution in [1.29, 1.82) is 0 Å². The first-order valence-corrected chi connectivity index (χ1v) is 8.47. The molecule has 0 aliphatic heterocycles. The van der Waals surface area contributed by atoms with Gasteiger partial charge in [-0.15, -0.1) is 0 Å². The summed E-state index contributed by atoms with van der Waals surface area (Å²) < 4.78 is 25.0. The maximum atomic E-state index is 11.9. The van der Waals surface area contributed by atoms with Crippen molar-refractivity contribution in [3.05, 3.63) is 40.7 Å². The van der Waals surface area contributed by atoms with E-state index in [0.717, 1.165) is 0 Å². The summed E-state index contributed by atoms with van der Waals surface area (Å²) in [5, 5.41) is 7.33. The molecular formula is C13H17N3O2S2. The summed E-state index contributed by atoms with van der Waals surface area (Å²) in [6.07, 6.45) is 1.37. The first-order chi connectivity index (χ1) is 9.41. The lowest BCUT2D eigenvalue weighted by molar-refractivity contribution is 0.520. The van der Waals surface area contributed by atoms with Crippen LogP contribution < -0.4 is 5.32 Å². The third kappa shape index (κ3) is 3.17. The molecule has 1 atom stereocenters. The second kappa shape index (κ2) is 5.90. The molecule has 2 rings (SSSR count). The lowest BCUT2D eigenvalue weighted by atomic mass is 10.2. The highest BCUT2D eigenvalue weighted by molar-refractivity contribution is 7.89. The Balaban J connectivity index is 2.13. The monoisotopic (exact) mass is 311 g/mol. The molecule has 1 unspecified atom stereocenters. The predicted molar refractivity (Wildman–Crippen MR) is 81.5 cm³/mol. The van der Waals surface area contributed by atoms with Crippen LogP contribution in [0, 0.1) is 0 Å². The van der Waals surface area contributed by atoms with Gasteiger partial charge in [0.15, 0.2) is 0 Å². The SMILES string of the molecule is CC(Nc1ccc(S(=O)(=O)N(C)C)cn1)c1ccsc1. The van der Waals surface area contributed by atoms with Gasteiger partial charge in [-0.05, 0) is 41.4 Å². The minimum Gasteiger partial charge on any atom is -0.364 e. The van der Waals surface area contributed by atoms with E-state index >= 15 is 0 Å². The second-order valence-corrected chi connectivity index (χ2v) is 7.52. The quantitative estimate of drug-likeness (QED) is 0.922. The Morgan fingerprint density at radius 3 is 2.55 bits per heavy atom. The number of pyridine rings is 1. The lowest BCUT2D eigenvalue weighted by Crippen LogP contribution is -2.22. The zero-order valence-corrected chi connectivity index (χ0v) is 13.2. The molecule has 5 nitrogen and oxygen atoms in total. The number of aromatic nitrogens is 1. The number of hydrogen-bond donors (Lipinski definition) is 1. The zero-order valence-electron chi connectivity index (χ0n) is 11.6. The van der Waals surface area contributed by atoms with Crippen molar-refractivity contribution in [3.8, 4) is 0 Å². The topological polar surface area (TPSA) is 62.3 Å². The summed E-state index contributed by atoms with van der Waals surface area (Å²) in [6, 6.07) is 5.42. The minimum absolute atomic E-state index is 0.130. The molecule has 0 saturated heterocycles. The fraction of sp³-hybridized carbons (Fsp3) is 0.308. The average Bonchev–Trinajstić information content (AvgIpc) is 2.93. The molecule has 20 heavy (non-hydrogen) atoms. The fourth-order valence-electron chi connectivity index (χ4n) is 1.66. The molecule has 0 bridgehead atoms. The van der Waals surface area contributed by atoms with Gasteiger partial charge in [0.2, 0.25) is 10.0 Å². The van der Waals surface area contributed by atoms with E-state index < -0.39 is 10.0 Å². The normalized spacial score (nSPS) is 13.4. The van der Waals surface area contributed by atoms with E-state index in [1.807, 2.05) is 18.4 Å². The standard InChI is InChI=1S/C13H17N3O2S2/c1-10(11-6-7-19-9-11)15-13-5-4-12(8-14-13)20(17,18)16(2)3/h4-10H,1-3H3,(H,14,15). The van der Waals surface area contributed by atoms with Crippen LogP contribution >= 0.6 is 11.3 Å². The van der Waals surface area contributed by atoms with Crippen molar-refractivity contribution in [3.63, 3.8) is 0 Å². The van der Waals surface area contributed by atoms with Crippen LogP contribution in [0.15, 0.2) is 40.1 Å². The van der Waals surface area contributed by atoms with Gasteiger partial charge in [-0.25, -0.2) is 17.7 Å². The smallest absolute Gasteiger partial charge is 0.244 e. The zero-order chi connectivity index (χ0) is 14.8. The Kier molecular flexibility index (Phi) is 4.42. The molecular weight excluding hydrogens is 294 g/mol. The lowest BCUT2D eigenvalue weighted by Gasteiger charge is -2.14. The van der Waals surface area contributed by atoms with Gasteiger partial charge in [-0.3, -0.25) is 0 Å². The summed E-state index contributed by atoms with van der Waals surface area (Å²) in [5.74, 6) is 0.654.